The Morgan fingerprint density at radius 3 is 2.37 bits per heavy atom. The maximum absolute atomic E-state index is 9.93. The second-order valence-electron chi connectivity index (χ2n) is 5.46. The van der Waals surface area contributed by atoms with Gasteiger partial charge in [0.15, 0.2) is 0 Å². The third-order valence-electron chi connectivity index (χ3n) is 3.06. The van der Waals surface area contributed by atoms with Gasteiger partial charge in [0, 0.05) is 30.1 Å². The minimum atomic E-state index is -0.760. The lowest BCUT2D eigenvalue weighted by atomic mass is 10.0. The van der Waals surface area contributed by atoms with Crippen molar-refractivity contribution in [1.29, 1.82) is 5.26 Å². The lowest BCUT2D eigenvalue weighted by molar-refractivity contribution is 0.0887. The molecule has 0 heterocycles. The Bertz CT molecular complexity index is 635. The number of fused-ring (bicyclic) bond motifs is 1. The molecule has 0 fully saturated rings. The van der Waals surface area contributed by atoms with Gasteiger partial charge in [-0.1, -0.05) is 24.3 Å². The van der Waals surface area contributed by atoms with Crippen molar-refractivity contribution in [1.82, 2.24) is 0 Å². The summed E-state index contributed by atoms with van der Waals surface area (Å²) in [4.78, 5) is 2.02. The average Bonchev–Trinajstić information content (AvgIpc) is 2.35. The molecule has 0 saturated heterocycles. The highest BCUT2D eigenvalue weighted by atomic mass is 16.3. The molecule has 2 aromatic carbocycles. The summed E-state index contributed by atoms with van der Waals surface area (Å²) in [6, 6.07) is 13.8. The highest BCUT2D eigenvalue weighted by Gasteiger charge is 2.17. The van der Waals surface area contributed by atoms with Gasteiger partial charge in [-0.15, -0.1) is 0 Å². The van der Waals surface area contributed by atoms with E-state index < -0.39 is 5.60 Å². The van der Waals surface area contributed by atoms with E-state index in [1.165, 1.54) is 0 Å². The van der Waals surface area contributed by atoms with Gasteiger partial charge in [0.05, 0.1) is 17.2 Å². The summed E-state index contributed by atoms with van der Waals surface area (Å²) in [5, 5.41) is 21.1. The number of benzene rings is 2. The van der Waals surface area contributed by atoms with E-state index in [-0.39, 0.29) is 0 Å². The number of aliphatic hydroxyl groups is 1. The lowest BCUT2D eigenvalue weighted by Gasteiger charge is -2.28. The topological polar surface area (TPSA) is 47.3 Å². The van der Waals surface area contributed by atoms with Crippen LogP contribution in [0.25, 0.3) is 10.8 Å². The Balaban J connectivity index is 2.54. The van der Waals surface area contributed by atoms with E-state index in [1.54, 1.807) is 13.8 Å². The predicted octanol–water partition coefficient (Wildman–Crippen LogP) is 2.92. The molecule has 0 aliphatic carbocycles. The van der Waals surface area contributed by atoms with Crippen LogP contribution in [0.2, 0.25) is 0 Å². The summed E-state index contributed by atoms with van der Waals surface area (Å²) < 4.78 is 0. The minimum Gasteiger partial charge on any atom is -0.389 e. The fourth-order valence-electron chi connectivity index (χ4n) is 2.38. The normalized spacial score (nSPS) is 11.3. The number of anilines is 1. The van der Waals surface area contributed by atoms with Crippen LogP contribution in [0.1, 0.15) is 19.4 Å². The van der Waals surface area contributed by atoms with Crippen LogP contribution in [0.5, 0.6) is 0 Å². The first-order valence-corrected chi connectivity index (χ1v) is 6.28. The van der Waals surface area contributed by atoms with Gasteiger partial charge >= 0.3 is 0 Å². The Hall–Kier alpha value is -2.05. The van der Waals surface area contributed by atoms with Crippen LogP contribution in [0.4, 0.5) is 5.69 Å². The largest absolute Gasteiger partial charge is 0.389 e. The molecule has 0 amide bonds. The molecular weight excluding hydrogens is 236 g/mol. The van der Waals surface area contributed by atoms with E-state index >= 15 is 0 Å². The van der Waals surface area contributed by atoms with E-state index in [1.807, 2.05) is 48.3 Å². The fraction of sp³-hybridized carbons (Fsp3) is 0.312. The Morgan fingerprint density at radius 2 is 1.79 bits per heavy atom. The highest BCUT2D eigenvalue weighted by molar-refractivity contribution is 5.97. The molecule has 0 unspecified atom stereocenters. The van der Waals surface area contributed by atoms with Crippen LogP contribution in [-0.2, 0) is 0 Å². The van der Waals surface area contributed by atoms with E-state index in [0.717, 1.165) is 16.5 Å². The van der Waals surface area contributed by atoms with Gasteiger partial charge in [-0.05, 0) is 26.0 Å². The maximum Gasteiger partial charge on any atom is 0.0998 e. The molecule has 0 aliphatic heterocycles. The van der Waals surface area contributed by atoms with Crippen molar-refractivity contribution < 1.29 is 5.11 Å². The molecule has 0 aromatic heterocycles. The van der Waals surface area contributed by atoms with Crippen molar-refractivity contribution in [3.63, 3.8) is 0 Å². The molecule has 0 saturated carbocycles. The second kappa shape index (κ2) is 4.91. The number of hydrogen-bond acceptors (Lipinski definition) is 3. The molecule has 3 nitrogen and oxygen atoms in total. The monoisotopic (exact) mass is 254 g/mol. The number of hydrogen-bond donors (Lipinski definition) is 1. The van der Waals surface area contributed by atoms with E-state index in [0.29, 0.717) is 12.1 Å². The van der Waals surface area contributed by atoms with Crippen LogP contribution in [0.3, 0.4) is 0 Å². The quantitative estimate of drug-likeness (QED) is 0.916. The third-order valence-corrected chi connectivity index (χ3v) is 3.06. The average molecular weight is 254 g/mol. The summed E-state index contributed by atoms with van der Waals surface area (Å²) in [5.41, 5.74) is 0.941. The number of nitrogens with zero attached hydrogens (tertiary/aromatic N) is 2. The van der Waals surface area contributed by atoms with Crippen LogP contribution in [-0.4, -0.2) is 24.3 Å². The third kappa shape index (κ3) is 2.86. The Labute approximate surface area is 113 Å². The molecule has 2 rings (SSSR count). The summed E-state index contributed by atoms with van der Waals surface area (Å²) >= 11 is 0. The van der Waals surface area contributed by atoms with Crippen molar-refractivity contribution in [3.05, 3.63) is 42.0 Å². The number of rotatable bonds is 3. The highest BCUT2D eigenvalue weighted by Crippen LogP contribution is 2.29. The molecule has 0 bridgehead atoms. The smallest absolute Gasteiger partial charge is 0.0998 e. The summed E-state index contributed by atoms with van der Waals surface area (Å²) in [5.74, 6) is 0. The molecule has 0 spiro atoms. The van der Waals surface area contributed by atoms with Crippen LogP contribution < -0.4 is 4.90 Å². The van der Waals surface area contributed by atoms with Gasteiger partial charge < -0.3 is 10.0 Å². The summed E-state index contributed by atoms with van der Waals surface area (Å²) in [6.45, 7) is 4.10. The van der Waals surface area contributed by atoms with Crippen molar-refractivity contribution in [3.8, 4) is 6.07 Å². The first-order valence-electron chi connectivity index (χ1n) is 6.28. The van der Waals surface area contributed by atoms with Gasteiger partial charge in [-0.3, -0.25) is 0 Å². The van der Waals surface area contributed by atoms with Crippen molar-refractivity contribution in [2.75, 3.05) is 18.5 Å². The molecule has 0 atom stereocenters. The molecule has 0 radical (unpaired) electrons. The van der Waals surface area contributed by atoms with Gasteiger partial charge in [0.25, 0.3) is 0 Å². The van der Waals surface area contributed by atoms with Crippen LogP contribution in [0, 0.1) is 11.3 Å². The van der Waals surface area contributed by atoms with Gasteiger partial charge in [0.2, 0.25) is 0 Å². The predicted molar refractivity (Wildman–Crippen MR) is 78.2 cm³/mol. The Morgan fingerprint density at radius 1 is 1.16 bits per heavy atom. The summed E-state index contributed by atoms with van der Waals surface area (Å²) in [6.07, 6.45) is 0. The zero-order valence-electron chi connectivity index (χ0n) is 11.5. The first kappa shape index (κ1) is 13.4. The lowest BCUT2D eigenvalue weighted by Crippen LogP contribution is -2.36. The zero-order chi connectivity index (χ0) is 14.0. The Kier molecular flexibility index (Phi) is 3.46. The standard InChI is InChI=1S/C16H18N2O/c1-16(2,19)11-18(3)15-9-8-12(10-17)13-6-4-5-7-14(13)15/h4-9,19H,11H2,1-3H3. The maximum atomic E-state index is 9.93. The fourth-order valence-corrected chi connectivity index (χ4v) is 2.38. The molecule has 3 heteroatoms. The summed E-state index contributed by atoms with van der Waals surface area (Å²) in [7, 11) is 1.95. The molecular formula is C16H18N2O. The molecule has 1 N–H and O–H groups in total. The van der Waals surface area contributed by atoms with Crippen molar-refractivity contribution >= 4 is 16.5 Å². The van der Waals surface area contributed by atoms with Gasteiger partial charge in [0.1, 0.15) is 0 Å². The van der Waals surface area contributed by atoms with Gasteiger partial charge in [-0.25, -0.2) is 0 Å². The molecule has 0 aliphatic rings. The van der Waals surface area contributed by atoms with E-state index in [4.69, 9.17) is 5.26 Å². The molecule has 98 valence electrons. The van der Waals surface area contributed by atoms with Crippen molar-refractivity contribution in [2.45, 2.75) is 19.4 Å². The minimum absolute atomic E-state index is 0.531. The zero-order valence-corrected chi connectivity index (χ0v) is 11.5. The SMILES string of the molecule is CN(CC(C)(C)O)c1ccc(C#N)c2ccccc12. The first-order chi connectivity index (χ1) is 8.92. The second-order valence-corrected chi connectivity index (χ2v) is 5.46. The van der Waals surface area contributed by atoms with Crippen molar-refractivity contribution in [2.24, 2.45) is 0 Å². The van der Waals surface area contributed by atoms with Crippen LogP contribution in [0.15, 0.2) is 36.4 Å². The number of nitriles is 1. The van der Waals surface area contributed by atoms with E-state index in [2.05, 4.69) is 6.07 Å². The van der Waals surface area contributed by atoms with Gasteiger partial charge in [-0.2, -0.15) is 5.26 Å². The molecule has 19 heavy (non-hydrogen) atoms. The number of likely N-dealkylation sites (N-methyl/N-ethyl adjacent to an activating group) is 1. The van der Waals surface area contributed by atoms with E-state index in [9.17, 15) is 5.11 Å². The van der Waals surface area contributed by atoms with Crippen LogP contribution >= 0.6 is 0 Å². The molecule has 2 aromatic rings.